The maximum Gasteiger partial charge on any atom is 0.0319 e. The van der Waals surface area contributed by atoms with Crippen LogP contribution in [0.4, 0.5) is 0 Å². The van der Waals surface area contributed by atoms with E-state index >= 15 is 0 Å². The van der Waals surface area contributed by atoms with Crippen LogP contribution < -0.4 is 0 Å². The first-order valence-corrected chi connectivity index (χ1v) is 0.447. The zero-order valence-corrected chi connectivity index (χ0v) is 4.92. The third-order valence-electron chi connectivity index (χ3n) is 0. The molecule has 6 heavy (non-hydrogen) atoms. The van der Waals surface area contributed by atoms with Gasteiger partial charge in [-0.2, -0.15) is 0 Å². The first kappa shape index (κ1) is 75.9. The Hall–Kier alpha value is 0.689. The second-order valence-corrected chi connectivity index (χ2v) is 0. The summed E-state index contributed by atoms with van der Waals surface area (Å²) in [7, 11) is 1.00. The number of rotatable bonds is 0. The van der Waals surface area contributed by atoms with Crippen LogP contribution in [0.25, 0.3) is 0 Å². The molecule has 0 aromatic rings. The van der Waals surface area contributed by atoms with Crippen molar-refractivity contribution in [3.05, 3.63) is 0 Å². The summed E-state index contributed by atoms with van der Waals surface area (Å²) in [5, 5.41) is 7.00. The molecular weight excluding hydrogens is 159 g/mol. The van der Waals surface area contributed by atoms with E-state index in [2.05, 4.69) is 0 Å². The first-order valence-electron chi connectivity index (χ1n) is 0.447. The summed E-state index contributed by atoms with van der Waals surface area (Å²) in [6.07, 6.45) is 0. The van der Waals surface area contributed by atoms with Crippen molar-refractivity contribution < 1.29 is 33.1 Å². The average Bonchev–Trinajstić information content (AvgIpc) is 1.00. The van der Waals surface area contributed by atoms with Gasteiger partial charge in [0.1, 0.15) is 0 Å². The summed E-state index contributed by atoms with van der Waals surface area (Å²) in [6, 6.07) is 0. The molecule has 0 rings (SSSR count). The zero-order valence-electron chi connectivity index (χ0n) is 3.16. The maximum absolute atomic E-state index is 7.00. The van der Waals surface area contributed by atoms with Gasteiger partial charge < -0.3 is 16.1 Å². The Morgan fingerprint density at radius 1 is 1.00 bits per heavy atom. The van der Waals surface area contributed by atoms with Crippen LogP contribution in [0.15, 0.2) is 0 Å². The SMILES string of the molecule is CO.Cl.O.O.[Cu]. The predicted molar refractivity (Wildman–Crippen MR) is 22.6 cm³/mol. The van der Waals surface area contributed by atoms with Crippen molar-refractivity contribution in [1.82, 2.24) is 0 Å². The van der Waals surface area contributed by atoms with Crippen molar-refractivity contribution in [3.8, 4) is 0 Å². The predicted octanol–water partition coefficient (Wildman–Crippen LogP) is -1.62. The minimum absolute atomic E-state index is 0. The van der Waals surface area contributed by atoms with Gasteiger partial charge in [-0.1, -0.05) is 0 Å². The summed E-state index contributed by atoms with van der Waals surface area (Å²) in [4.78, 5) is 0. The second kappa shape index (κ2) is 263. The first-order chi connectivity index (χ1) is 1.00. The van der Waals surface area contributed by atoms with Crippen molar-refractivity contribution in [2.45, 2.75) is 0 Å². The Morgan fingerprint density at radius 3 is 1.00 bits per heavy atom. The van der Waals surface area contributed by atoms with Crippen LogP contribution in [0.2, 0.25) is 0 Å². The van der Waals surface area contributed by atoms with Crippen LogP contribution in [0.1, 0.15) is 0 Å². The van der Waals surface area contributed by atoms with Crippen molar-refractivity contribution in [3.63, 3.8) is 0 Å². The fourth-order valence-corrected chi connectivity index (χ4v) is 0. The Kier molecular flexibility index (Phi) is 3330. The van der Waals surface area contributed by atoms with E-state index in [0.717, 1.165) is 7.11 Å². The average molecular weight is 168 g/mol. The van der Waals surface area contributed by atoms with Gasteiger partial charge in [-0.15, -0.1) is 12.4 Å². The van der Waals surface area contributed by atoms with Gasteiger partial charge >= 0.3 is 0 Å². The van der Waals surface area contributed by atoms with E-state index < -0.39 is 0 Å². The molecule has 0 spiro atoms. The largest absolute Gasteiger partial charge is 0.412 e. The monoisotopic (exact) mass is 167 g/mol. The van der Waals surface area contributed by atoms with Crippen LogP contribution in [0, 0.1) is 0 Å². The topological polar surface area (TPSA) is 83.2 Å². The fraction of sp³-hybridized carbons (Fsp3) is 1.00. The van der Waals surface area contributed by atoms with Crippen LogP contribution in [-0.2, 0) is 17.1 Å². The minimum atomic E-state index is 0. The maximum atomic E-state index is 7.00. The molecule has 49 valence electrons. The zero-order chi connectivity index (χ0) is 2.00. The summed E-state index contributed by atoms with van der Waals surface area (Å²) < 4.78 is 0. The molecule has 0 heterocycles. The Balaban J connectivity index is -0.000000000833. The molecule has 0 atom stereocenters. The summed E-state index contributed by atoms with van der Waals surface area (Å²) in [5.74, 6) is 0. The molecule has 0 aliphatic carbocycles. The Bertz CT molecular complexity index is 10.8. The third-order valence-corrected chi connectivity index (χ3v) is 0. The third kappa shape index (κ3) is 134. The number of aliphatic hydroxyl groups excluding tert-OH is 1. The van der Waals surface area contributed by atoms with E-state index in [1.807, 2.05) is 0 Å². The molecule has 0 fully saturated rings. The van der Waals surface area contributed by atoms with E-state index in [-0.39, 0.29) is 40.4 Å². The number of hydrogen-bond acceptors (Lipinski definition) is 1. The molecule has 0 saturated carbocycles. The van der Waals surface area contributed by atoms with Gasteiger partial charge in [0.05, 0.1) is 0 Å². The van der Waals surface area contributed by atoms with Gasteiger partial charge in [-0.25, -0.2) is 0 Å². The normalized spacial score (nSPS) is 1.00. The van der Waals surface area contributed by atoms with Crippen LogP contribution in [0.3, 0.4) is 0 Å². The van der Waals surface area contributed by atoms with Gasteiger partial charge in [-0.05, 0) is 0 Å². The van der Waals surface area contributed by atoms with E-state index in [9.17, 15) is 0 Å². The van der Waals surface area contributed by atoms with Crippen molar-refractivity contribution in [1.29, 1.82) is 0 Å². The molecule has 0 saturated heterocycles. The van der Waals surface area contributed by atoms with Crippen LogP contribution >= 0.6 is 12.4 Å². The van der Waals surface area contributed by atoms with E-state index in [4.69, 9.17) is 5.11 Å². The molecule has 3 nitrogen and oxygen atoms in total. The van der Waals surface area contributed by atoms with Crippen LogP contribution in [-0.4, -0.2) is 23.2 Å². The number of halogens is 1. The summed E-state index contributed by atoms with van der Waals surface area (Å²) in [5.41, 5.74) is 0. The molecule has 0 aliphatic rings. The van der Waals surface area contributed by atoms with Gasteiger partial charge in [0.15, 0.2) is 0 Å². The molecule has 5 N–H and O–H groups in total. The summed E-state index contributed by atoms with van der Waals surface area (Å²) >= 11 is 0. The molecule has 0 aromatic carbocycles. The molecule has 0 aromatic heterocycles. The number of hydrogen-bond donors (Lipinski definition) is 1. The standard InChI is InChI=1S/CH4O.ClH.Cu.2H2O/c1-2;;;;/h2H,1H3;1H;;2*1H2. The van der Waals surface area contributed by atoms with Gasteiger partial charge in [0.2, 0.25) is 0 Å². The van der Waals surface area contributed by atoms with Crippen molar-refractivity contribution >= 4 is 12.4 Å². The van der Waals surface area contributed by atoms with E-state index in [1.165, 1.54) is 0 Å². The van der Waals surface area contributed by atoms with Crippen molar-refractivity contribution in [2.75, 3.05) is 7.11 Å². The molecule has 0 unspecified atom stereocenters. The Labute approximate surface area is 53.2 Å². The van der Waals surface area contributed by atoms with Gasteiger partial charge in [0, 0.05) is 24.2 Å². The van der Waals surface area contributed by atoms with E-state index in [1.54, 1.807) is 0 Å². The minimum Gasteiger partial charge on any atom is -0.412 e. The molecule has 5 heteroatoms. The molecule has 0 aliphatic heterocycles. The summed E-state index contributed by atoms with van der Waals surface area (Å²) in [6.45, 7) is 0. The van der Waals surface area contributed by atoms with Crippen molar-refractivity contribution in [2.24, 2.45) is 0 Å². The van der Waals surface area contributed by atoms with Gasteiger partial charge in [-0.3, -0.25) is 0 Å². The Morgan fingerprint density at radius 2 is 1.00 bits per heavy atom. The molecule has 1 radical (unpaired) electrons. The fourth-order valence-electron chi connectivity index (χ4n) is 0. The second-order valence-electron chi connectivity index (χ2n) is 0. The van der Waals surface area contributed by atoms with Crippen LogP contribution in [0.5, 0.6) is 0 Å². The quantitative estimate of drug-likeness (QED) is 0.433. The molecule has 0 amide bonds. The number of aliphatic hydroxyl groups is 1. The molecular formula is CH9ClCuO3. The van der Waals surface area contributed by atoms with Gasteiger partial charge in [0.25, 0.3) is 0 Å². The van der Waals surface area contributed by atoms with E-state index in [0.29, 0.717) is 0 Å². The molecule has 0 bridgehead atoms. The smallest absolute Gasteiger partial charge is 0.0319 e.